The zero-order chi connectivity index (χ0) is 11.1. The first-order valence-electron chi connectivity index (χ1n) is 5.11. The van der Waals surface area contributed by atoms with Crippen LogP contribution in [0.15, 0.2) is 12.3 Å². The highest BCUT2D eigenvalue weighted by molar-refractivity contribution is 5.80. The van der Waals surface area contributed by atoms with Gasteiger partial charge in [-0.3, -0.25) is 4.79 Å². The predicted octanol–water partition coefficient (Wildman–Crippen LogP) is 1.07. The monoisotopic (exact) mass is 212 g/mol. The van der Waals surface area contributed by atoms with Crippen LogP contribution in [0.3, 0.4) is 0 Å². The van der Waals surface area contributed by atoms with Gasteiger partial charge in [0, 0.05) is 6.20 Å². The fourth-order valence-corrected chi connectivity index (χ4v) is 1.62. The van der Waals surface area contributed by atoms with E-state index >= 15 is 0 Å². The Morgan fingerprint density at radius 1 is 1.33 bits per heavy atom. The molecule has 0 atom stereocenters. The van der Waals surface area contributed by atoms with E-state index in [0.717, 1.165) is 0 Å². The van der Waals surface area contributed by atoms with Crippen molar-refractivity contribution in [2.75, 3.05) is 6.54 Å². The van der Waals surface area contributed by atoms with E-state index < -0.39 is 12.0 Å². The number of hydrogen-bond donors (Lipinski definition) is 3. The Bertz CT molecular complexity index is 257. The van der Waals surface area contributed by atoms with Gasteiger partial charge < -0.3 is 15.7 Å². The standard InChI is InChI=1S/C10H16N2O3/c13-9(14)7-12-10(15)11-6-5-8-3-1-2-4-8/h5-6,8H,1-4,7H2,(H,13,14)(H2,11,12,15)/b6-5+. The van der Waals surface area contributed by atoms with Crippen LogP contribution >= 0.6 is 0 Å². The minimum absolute atomic E-state index is 0.358. The lowest BCUT2D eigenvalue weighted by atomic mass is 10.1. The molecule has 1 aliphatic rings. The number of nitrogens with one attached hydrogen (secondary N) is 2. The SMILES string of the molecule is O=C(O)CNC(=O)N/C=C/C1CCCC1. The molecule has 0 spiro atoms. The molecule has 3 N–H and O–H groups in total. The second-order valence-electron chi connectivity index (χ2n) is 3.62. The molecule has 1 saturated carbocycles. The average Bonchev–Trinajstić information content (AvgIpc) is 2.67. The summed E-state index contributed by atoms with van der Waals surface area (Å²) in [4.78, 5) is 21.1. The molecule has 1 aliphatic carbocycles. The third-order valence-corrected chi connectivity index (χ3v) is 2.38. The lowest BCUT2D eigenvalue weighted by Gasteiger charge is -2.02. The molecule has 0 saturated heterocycles. The van der Waals surface area contributed by atoms with Crippen LogP contribution < -0.4 is 10.6 Å². The van der Waals surface area contributed by atoms with Crippen LogP contribution in [0.1, 0.15) is 25.7 Å². The van der Waals surface area contributed by atoms with Gasteiger partial charge in [-0.2, -0.15) is 0 Å². The van der Waals surface area contributed by atoms with Gasteiger partial charge in [0.2, 0.25) is 0 Å². The number of amides is 2. The lowest BCUT2D eigenvalue weighted by Crippen LogP contribution is -2.35. The Morgan fingerprint density at radius 2 is 2.00 bits per heavy atom. The molecule has 0 aromatic heterocycles. The summed E-state index contributed by atoms with van der Waals surface area (Å²) in [6, 6.07) is -0.480. The molecule has 5 heteroatoms. The molecule has 0 radical (unpaired) electrons. The molecule has 0 aliphatic heterocycles. The summed E-state index contributed by atoms with van der Waals surface area (Å²) in [5.74, 6) is -0.491. The number of carboxylic acid groups (broad SMARTS) is 1. The molecule has 0 aromatic rings. The van der Waals surface area contributed by atoms with Gasteiger partial charge >= 0.3 is 12.0 Å². The van der Waals surface area contributed by atoms with Crippen LogP contribution in [0.5, 0.6) is 0 Å². The van der Waals surface area contributed by atoms with Gasteiger partial charge in [0.25, 0.3) is 0 Å². The molecule has 2 amide bonds. The molecule has 1 rings (SSSR count). The summed E-state index contributed by atoms with van der Waals surface area (Å²) in [5, 5.41) is 13.0. The van der Waals surface area contributed by atoms with Gasteiger partial charge in [0.1, 0.15) is 6.54 Å². The molecule has 15 heavy (non-hydrogen) atoms. The van der Waals surface area contributed by atoms with E-state index in [-0.39, 0.29) is 6.54 Å². The van der Waals surface area contributed by atoms with Crippen molar-refractivity contribution in [3.05, 3.63) is 12.3 Å². The normalized spacial score (nSPS) is 16.8. The summed E-state index contributed by atoms with van der Waals surface area (Å²) < 4.78 is 0. The maximum atomic E-state index is 11.0. The number of aliphatic carboxylic acids is 1. The molecule has 5 nitrogen and oxygen atoms in total. The fraction of sp³-hybridized carbons (Fsp3) is 0.600. The summed E-state index contributed by atoms with van der Waals surface area (Å²) >= 11 is 0. The van der Waals surface area contributed by atoms with E-state index in [1.165, 1.54) is 25.7 Å². The minimum atomic E-state index is -1.05. The number of hydrogen-bond acceptors (Lipinski definition) is 2. The fourth-order valence-electron chi connectivity index (χ4n) is 1.62. The lowest BCUT2D eigenvalue weighted by molar-refractivity contribution is -0.135. The second-order valence-corrected chi connectivity index (χ2v) is 3.62. The van der Waals surface area contributed by atoms with Gasteiger partial charge in [-0.05, 0) is 18.8 Å². The maximum Gasteiger partial charge on any atom is 0.323 e. The van der Waals surface area contributed by atoms with Gasteiger partial charge in [-0.25, -0.2) is 4.79 Å². The number of rotatable bonds is 4. The molecule has 0 heterocycles. The van der Waals surface area contributed by atoms with Crippen molar-refractivity contribution >= 4 is 12.0 Å². The molecule has 84 valence electrons. The minimum Gasteiger partial charge on any atom is -0.480 e. The number of allylic oxidation sites excluding steroid dienone is 1. The van der Waals surface area contributed by atoms with Crippen LogP contribution in [-0.2, 0) is 4.79 Å². The van der Waals surface area contributed by atoms with Crippen molar-refractivity contribution in [3.63, 3.8) is 0 Å². The maximum absolute atomic E-state index is 11.0. The van der Waals surface area contributed by atoms with Gasteiger partial charge in [-0.15, -0.1) is 0 Å². The largest absolute Gasteiger partial charge is 0.480 e. The summed E-state index contributed by atoms with van der Waals surface area (Å²) in [6.07, 6.45) is 8.41. The van der Waals surface area contributed by atoms with E-state index in [0.29, 0.717) is 5.92 Å². The Morgan fingerprint density at radius 3 is 2.60 bits per heavy atom. The zero-order valence-electron chi connectivity index (χ0n) is 8.53. The first-order valence-corrected chi connectivity index (χ1v) is 5.11. The number of urea groups is 1. The Labute approximate surface area is 88.5 Å². The van der Waals surface area contributed by atoms with Gasteiger partial charge in [0.05, 0.1) is 0 Å². The van der Waals surface area contributed by atoms with Crippen LogP contribution in [0.25, 0.3) is 0 Å². The number of carbonyl (C=O) groups excluding carboxylic acids is 1. The third kappa shape index (κ3) is 5.05. The summed E-state index contributed by atoms with van der Waals surface area (Å²) in [5.41, 5.74) is 0. The predicted molar refractivity (Wildman–Crippen MR) is 55.3 cm³/mol. The first-order chi connectivity index (χ1) is 7.18. The highest BCUT2D eigenvalue weighted by Crippen LogP contribution is 2.25. The highest BCUT2D eigenvalue weighted by Gasteiger charge is 2.11. The zero-order valence-corrected chi connectivity index (χ0v) is 8.53. The third-order valence-electron chi connectivity index (χ3n) is 2.38. The van der Waals surface area contributed by atoms with Crippen LogP contribution in [0.2, 0.25) is 0 Å². The van der Waals surface area contributed by atoms with Crippen molar-refractivity contribution < 1.29 is 14.7 Å². The van der Waals surface area contributed by atoms with Crippen LogP contribution in [0.4, 0.5) is 4.79 Å². The molecule has 0 unspecified atom stereocenters. The average molecular weight is 212 g/mol. The summed E-state index contributed by atoms with van der Waals surface area (Å²) in [7, 11) is 0. The van der Waals surface area contributed by atoms with Crippen LogP contribution in [0, 0.1) is 5.92 Å². The van der Waals surface area contributed by atoms with Crippen molar-refractivity contribution in [1.82, 2.24) is 10.6 Å². The van der Waals surface area contributed by atoms with E-state index in [1.54, 1.807) is 6.20 Å². The summed E-state index contributed by atoms with van der Waals surface area (Å²) in [6.45, 7) is -0.358. The van der Waals surface area contributed by atoms with Crippen molar-refractivity contribution in [2.45, 2.75) is 25.7 Å². The van der Waals surface area contributed by atoms with E-state index in [9.17, 15) is 9.59 Å². The Balaban J connectivity index is 2.12. The molecule has 0 aromatic carbocycles. The number of carboxylic acids is 1. The smallest absolute Gasteiger partial charge is 0.323 e. The van der Waals surface area contributed by atoms with Crippen LogP contribution in [-0.4, -0.2) is 23.7 Å². The Kier molecular flexibility index (Phi) is 4.66. The first kappa shape index (κ1) is 11.6. The van der Waals surface area contributed by atoms with E-state index in [4.69, 9.17) is 5.11 Å². The van der Waals surface area contributed by atoms with Crippen molar-refractivity contribution in [2.24, 2.45) is 5.92 Å². The Hall–Kier alpha value is -1.52. The molecule has 0 bridgehead atoms. The molecular weight excluding hydrogens is 196 g/mol. The number of carbonyl (C=O) groups is 2. The quantitative estimate of drug-likeness (QED) is 0.652. The highest BCUT2D eigenvalue weighted by atomic mass is 16.4. The second kappa shape index (κ2) is 6.06. The van der Waals surface area contributed by atoms with Crippen molar-refractivity contribution in [3.8, 4) is 0 Å². The molecular formula is C10H16N2O3. The van der Waals surface area contributed by atoms with E-state index in [1.807, 2.05) is 6.08 Å². The van der Waals surface area contributed by atoms with Crippen molar-refractivity contribution in [1.29, 1.82) is 0 Å². The van der Waals surface area contributed by atoms with E-state index in [2.05, 4.69) is 10.6 Å². The van der Waals surface area contributed by atoms with Gasteiger partial charge in [-0.1, -0.05) is 18.9 Å². The topological polar surface area (TPSA) is 78.4 Å². The molecule has 1 fully saturated rings. The van der Waals surface area contributed by atoms with Gasteiger partial charge in [0.15, 0.2) is 0 Å².